The molecule has 0 bridgehead atoms. The number of carbonyl (C=O) groups is 3. The number of likely N-dealkylation sites (tertiary alicyclic amines) is 1. The lowest BCUT2D eigenvalue weighted by Gasteiger charge is -2.25. The summed E-state index contributed by atoms with van der Waals surface area (Å²) in [4.78, 5) is 36.8. The lowest BCUT2D eigenvalue weighted by molar-refractivity contribution is -0.157. The van der Waals surface area contributed by atoms with Crippen LogP contribution in [0.5, 0.6) is 0 Å². The van der Waals surface area contributed by atoms with E-state index in [1.165, 1.54) is 27.2 Å². The summed E-state index contributed by atoms with van der Waals surface area (Å²) in [7, 11) is 2.40. The van der Waals surface area contributed by atoms with Crippen molar-refractivity contribution in [3.8, 4) is 0 Å². The minimum Gasteiger partial charge on any atom is -0.468 e. The van der Waals surface area contributed by atoms with Crippen molar-refractivity contribution in [3.05, 3.63) is 11.8 Å². The maximum absolute atomic E-state index is 11.8. The highest BCUT2D eigenvalue weighted by atomic mass is 16.5. The maximum atomic E-state index is 11.8. The zero-order valence-electron chi connectivity index (χ0n) is 11.5. The molecule has 0 atom stereocenters. The van der Waals surface area contributed by atoms with Crippen LogP contribution < -0.4 is 0 Å². The number of ketones is 1. The van der Waals surface area contributed by atoms with E-state index in [0.29, 0.717) is 18.8 Å². The zero-order chi connectivity index (χ0) is 14.4. The van der Waals surface area contributed by atoms with Gasteiger partial charge in [0.05, 0.1) is 14.2 Å². The average molecular weight is 269 g/mol. The summed E-state index contributed by atoms with van der Waals surface area (Å²) in [6, 6.07) is 0. The molecule has 0 amide bonds. The number of nitrogens with zero attached hydrogens (tertiary/aromatic N) is 1. The van der Waals surface area contributed by atoms with E-state index in [4.69, 9.17) is 0 Å². The van der Waals surface area contributed by atoms with Gasteiger partial charge in [-0.05, 0) is 19.8 Å². The molecule has 0 spiro atoms. The van der Waals surface area contributed by atoms with Gasteiger partial charge in [-0.15, -0.1) is 0 Å². The fourth-order valence-electron chi connectivity index (χ4n) is 2.11. The van der Waals surface area contributed by atoms with E-state index < -0.39 is 17.9 Å². The minimum atomic E-state index is -1.20. The van der Waals surface area contributed by atoms with Crippen molar-refractivity contribution in [3.63, 3.8) is 0 Å². The van der Waals surface area contributed by atoms with Crippen molar-refractivity contribution < 1.29 is 23.9 Å². The van der Waals surface area contributed by atoms with Crippen LogP contribution in [0.15, 0.2) is 11.8 Å². The second-order valence-electron chi connectivity index (χ2n) is 4.35. The summed E-state index contributed by atoms with van der Waals surface area (Å²) < 4.78 is 9.28. The fourth-order valence-corrected chi connectivity index (χ4v) is 2.11. The average Bonchev–Trinajstić information content (AvgIpc) is 2.90. The molecule has 0 aromatic heterocycles. The topological polar surface area (TPSA) is 72.9 Å². The molecule has 0 aromatic carbocycles. The smallest absolute Gasteiger partial charge is 0.326 e. The highest BCUT2D eigenvalue weighted by Crippen LogP contribution is 2.24. The predicted octanol–water partition coefficient (Wildman–Crippen LogP) is 0.517. The van der Waals surface area contributed by atoms with Gasteiger partial charge in [0.15, 0.2) is 11.7 Å². The van der Waals surface area contributed by atoms with Gasteiger partial charge < -0.3 is 14.4 Å². The van der Waals surface area contributed by atoms with Crippen molar-refractivity contribution in [1.82, 2.24) is 4.90 Å². The van der Waals surface area contributed by atoms with Crippen LogP contribution in [0.3, 0.4) is 0 Å². The van der Waals surface area contributed by atoms with Crippen molar-refractivity contribution in [1.29, 1.82) is 0 Å². The van der Waals surface area contributed by atoms with Crippen LogP contribution in [0.2, 0.25) is 0 Å². The molecule has 0 unspecified atom stereocenters. The van der Waals surface area contributed by atoms with E-state index in [2.05, 4.69) is 9.47 Å². The molecule has 6 nitrogen and oxygen atoms in total. The van der Waals surface area contributed by atoms with E-state index >= 15 is 0 Å². The number of allylic oxidation sites excluding steroid dienone is 1. The standard InChI is InChI=1S/C13H19NO5/c1-9(15)8-10(14-6-4-5-7-14)11(12(16)18-2)13(17)19-3/h8,11H,4-7H2,1-3H3/b10-8-. The van der Waals surface area contributed by atoms with E-state index in [9.17, 15) is 14.4 Å². The largest absolute Gasteiger partial charge is 0.468 e. The number of methoxy groups -OCH3 is 2. The SMILES string of the molecule is COC(=O)C(C(=O)OC)/C(=C/C(C)=O)N1CCCC1. The Bertz CT molecular complexity index is 380. The van der Waals surface area contributed by atoms with Gasteiger partial charge in [-0.3, -0.25) is 14.4 Å². The van der Waals surface area contributed by atoms with Gasteiger partial charge in [0.1, 0.15) is 0 Å². The molecule has 1 heterocycles. The summed E-state index contributed by atoms with van der Waals surface area (Å²) in [6.45, 7) is 2.80. The van der Waals surface area contributed by atoms with Gasteiger partial charge in [-0.2, -0.15) is 0 Å². The monoisotopic (exact) mass is 269 g/mol. The Kier molecular flexibility index (Phi) is 5.54. The van der Waals surface area contributed by atoms with Crippen molar-refractivity contribution in [2.24, 2.45) is 5.92 Å². The number of esters is 2. The first-order chi connectivity index (χ1) is 9.01. The number of carbonyl (C=O) groups excluding carboxylic acids is 3. The normalized spacial score (nSPS) is 15.6. The molecule has 0 aromatic rings. The lowest BCUT2D eigenvalue weighted by Crippen LogP contribution is -2.36. The van der Waals surface area contributed by atoms with Crippen LogP contribution in [0.1, 0.15) is 19.8 Å². The first-order valence-electron chi connectivity index (χ1n) is 6.14. The Morgan fingerprint density at radius 3 is 1.89 bits per heavy atom. The molecule has 1 aliphatic rings. The molecule has 1 rings (SSSR count). The van der Waals surface area contributed by atoms with Gasteiger partial charge >= 0.3 is 11.9 Å². The van der Waals surface area contributed by atoms with Crippen LogP contribution >= 0.6 is 0 Å². The van der Waals surface area contributed by atoms with Gasteiger partial charge in [-0.1, -0.05) is 0 Å². The van der Waals surface area contributed by atoms with E-state index in [1.807, 2.05) is 4.90 Å². The second kappa shape index (κ2) is 6.92. The Morgan fingerprint density at radius 1 is 1.05 bits per heavy atom. The molecular formula is C13H19NO5. The van der Waals surface area contributed by atoms with Crippen LogP contribution in [-0.2, 0) is 23.9 Å². The summed E-state index contributed by atoms with van der Waals surface area (Å²) in [5.41, 5.74) is 0.365. The molecule has 106 valence electrons. The summed E-state index contributed by atoms with van der Waals surface area (Å²) >= 11 is 0. The molecule has 1 saturated heterocycles. The number of rotatable bonds is 5. The number of ether oxygens (including phenoxy) is 2. The molecule has 6 heteroatoms. The summed E-state index contributed by atoms with van der Waals surface area (Å²) in [5.74, 6) is -2.85. The van der Waals surface area contributed by atoms with Crippen LogP contribution in [-0.4, -0.2) is 49.9 Å². The molecule has 1 aliphatic heterocycles. The molecule has 0 saturated carbocycles. The third-order valence-electron chi connectivity index (χ3n) is 2.99. The van der Waals surface area contributed by atoms with Crippen molar-refractivity contribution >= 4 is 17.7 Å². The number of hydrogen-bond acceptors (Lipinski definition) is 6. The van der Waals surface area contributed by atoms with Gasteiger partial charge in [0, 0.05) is 24.9 Å². The van der Waals surface area contributed by atoms with Crippen molar-refractivity contribution in [2.45, 2.75) is 19.8 Å². The molecular weight excluding hydrogens is 250 g/mol. The van der Waals surface area contributed by atoms with Gasteiger partial charge in [0.2, 0.25) is 0 Å². The van der Waals surface area contributed by atoms with E-state index in [1.54, 1.807) is 0 Å². The van der Waals surface area contributed by atoms with E-state index in [0.717, 1.165) is 12.8 Å². The molecule has 0 aliphatic carbocycles. The van der Waals surface area contributed by atoms with E-state index in [-0.39, 0.29) is 5.78 Å². The second-order valence-corrected chi connectivity index (χ2v) is 4.35. The third kappa shape index (κ3) is 3.81. The summed E-state index contributed by atoms with van der Waals surface area (Å²) in [6.07, 6.45) is 3.23. The van der Waals surface area contributed by atoms with Gasteiger partial charge in [-0.25, -0.2) is 0 Å². The van der Waals surface area contributed by atoms with Crippen LogP contribution in [0.4, 0.5) is 0 Å². The van der Waals surface area contributed by atoms with Crippen LogP contribution in [0, 0.1) is 5.92 Å². The Morgan fingerprint density at radius 2 is 1.53 bits per heavy atom. The highest BCUT2D eigenvalue weighted by Gasteiger charge is 2.36. The Balaban J connectivity index is 3.13. The Labute approximate surface area is 112 Å². The summed E-state index contributed by atoms with van der Waals surface area (Å²) in [5, 5.41) is 0. The molecule has 19 heavy (non-hydrogen) atoms. The van der Waals surface area contributed by atoms with Crippen molar-refractivity contribution in [2.75, 3.05) is 27.3 Å². The van der Waals surface area contributed by atoms with Crippen LogP contribution in [0.25, 0.3) is 0 Å². The number of hydrogen-bond donors (Lipinski definition) is 0. The maximum Gasteiger partial charge on any atom is 0.326 e. The minimum absolute atomic E-state index is 0.222. The third-order valence-corrected chi connectivity index (χ3v) is 2.99. The first-order valence-corrected chi connectivity index (χ1v) is 6.14. The molecule has 1 fully saturated rings. The first kappa shape index (κ1) is 15.2. The zero-order valence-corrected chi connectivity index (χ0v) is 11.5. The Hall–Kier alpha value is -1.85. The molecule has 0 N–H and O–H groups in total. The molecule has 0 radical (unpaired) electrons. The predicted molar refractivity (Wildman–Crippen MR) is 67.1 cm³/mol. The quantitative estimate of drug-likeness (QED) is 0.411. The lowest BCUT2D eigenvalue weighted by atomic mass is 10.0. The highest BCUT2D eigenvalue weighted by molar-refractivity contribution is 6.00. The fraction of sp³-hybridized carbons (Fsp3) is 0.615. The van der Waals surface area contributed by atoms with Gasteiger partial charge in [0.25, 0.3) is 0 Å².